The van der Waals surface area contributed by atoms with Crippen LogP contribution < -0.4 is 0 Å². The fourth-order valence-corrected chi connectivity index (χ4v) is 4.67. The van der Waals surface area contributed by atoms with Crippen LogP contribution in [0.4, 0.5) is 5.69 Å². The third-order valence-corrected chi connectivity index (χ3v) is 6.30. The maximum absolute atomic E-state index is 10.5. The zero-order chi connectivity index (χ0) is 18.5. The summed E-state index contributed by atoms with van der Waals surface area (Å²) in [4.78, 5) is 23.0. The normalized spacial score (nSPS) is 16.9. The molecule has 0 amide bonds. The highest BCUT2D eigenvalue weighted by molar-refractivity contribution is 7.99. The number of nitrogens with zero attached hydrogens (tertiary/aromatic N) is 3. The Labute approximate surface area is 165 Å². The highest BCUT2D eigenvalue weighted by Gasteiger charge is 2.24. The molecule has 2 heterocycles. The standard InChI is InChI=1S/C22H25N3OS/c26-17-7-1-6-12-24-13-15-25(16-14-24)22-18-8-2-4-10-20(18)27-21-11-5-3-9-19(21)23-22/h2-5,8-11,17H,1,6-7,12-16H2. The van der Waals surface area contributed by atoms with Crippen molar-refractivity contribution in [2.24, 2.45) is 4.99 Å². The van der Waals surface area contributed by atoms with Crippen molar-refractivity contribution in [1.82, 2.24) is 9.80 Å². The molecule has 140 valence electrons. The molecule has 0 N–H and O–H groups in total. The van der Waals surface area contributed by atoms with Crippen LogP contribution in [-0.2, 0) is 4.79 Å². The maximum atomic E-state index is 10.5. The molecule has 0 bridgehead atoms. The quantitative estimate of drug-likeness (QED) is 0.576. The van der Waals surface area contributed by atoms with Crippen LogP contribution in [-0.4, -0.2) is 54.6 Å². The number of aliphatic imine (C=N–C) groups is 1. The molecule has 4 nitrogen and oxygen atoms in total. The second kappa shape index (κ2) is 8.72. The Hall–Kier alpha value is -2.11. The fourth-order valence-electron chi connectivity index (χ4n) is 3.66. The molecule has 2 aliphatic heterocycles. The predicted molar refractivity (Wildman–Crippen MR) is 111 cm³/mol. The molecule has 5 heteroatoms. The molecule has 4 rings (SSSR count). The van der Waals surface area contributed by atoms with Crippen LogP contribution in [0.15, 0.2) is 63.3 Å². The second-order valence-corrected chi connectivity index (χ2v) is 8.08. The van der Waals surface area contributed by atoms with Crippen LogP contribution in [0.5, 0.6) is 0 Å². The summed E-state index contributed by atoms with van der Waals surface area (Å²) >= 11 is 1.81. The zero-order valence-electron chi connectivity index (χ0n) is 15.5. The Morgan fingerprint density at radius 2 is 1.67 bits per heavy atom. The first-order valence-corrected chi connectivity index (χ1v) is 10.5. The topological polar surface area (TPSA) is 35.9 Å². The summed E-state index contributed by atoms with van der Waals surface area (Å²) in [5.41, 5.74) is 2.29. The van der Waals surface area contributed by atoms with E-state index in [0.29, 0.717) is 6.42 Å². The molecule has 2 aromatic carbocycles. The number of benzene rings is 2. The number of unbranched alkanes of at least 4 members (excludes halogenated alkanes) is 2. The summed E-state index contributed by atoms with van der Waals surface area (Å²) in [6.45, 7) is 5.18. The van der Waals surface area contributed by atoms with Crippen molar-refractivity contribution >= 4 is 29.6 Å². The van der Waals surface area contributed by atoms with Gasteiger partial charge in [0.1, 0.15) is 12.1 Å². The lowest BCUT2D eigenvalue weighted by atomic mass is 10.1. The van der Waals surface area contributed by atoms with Gasteiger partial charge in [-0.05, 0) is 37.6 Å². The second-order valence-electron chi connectivity index (χ2n) is 6.99. The first-order valence-electron chi connectivity index (χ1n) is 9.71. The summed E-state index contributed by atoms with van der Waals surface area (Å²) in [5, 5.41) is 0. The molecule has 0 radical (unpaired) electrons. The number of para-hydroxylation sites is 1. The molecular formula is C22H25N3OS. The molecule has 0 spiro atoms. The van der Waals surface area contributed by atoms with Gasteiger partial charge in [-0.25, -0.2) is 4.99 Å². The Morgan fingerprint density at radius 1 is 0.926 bits per heavy atom. The minimum atomic E-state index is 0.685. The van der Waals surface area contributed by atoms with Gasteiger partial charge in [-0.3, -0.25) is 4.90 Å². The summed E-state index contributed by atoms with van der Waals surface area (Å²) in [5.74, 6) is 1.10. The van der Waals surface area contributed by atoms with Gasteiger partial charge in [0.25, 0.3) is 0 Å². The van der Waals surface area contributed by atoms with Crippen molar-refractivity contribution in [3.63, 3.8) is 0 Å². The molecule has 1 saturated heterocycles. The van der Waals surface area contributed by atoms with Crippen LogP contribution >= 0.6 is 11.8 Å². The van der Waals surface area contributed by atoms with Crippen LogP contribution in [0, 0.1) is 0 Å². The number of aldehydes is 1. The summed E-state index contributed by atoms with van der Waals surface area (Å²) in [7, 11) is 0. The first-order chi connectivity index (χ1) is 13.3. The van der Waals surface area contributed by atoms with Crippen molar-refractivity contribution in [3.8, 4) is 0 Å². The van der Waals surface area contributed by atoms with E-state index in [4.69, 9.17) is 4.99 Å². The monoisotopic (exact) mass is 379 g/mol. The average molecular weight is 380 g/mol. The summed E-state index contributed by atoms with van der Waals surface area (Å²) in [6.07, 6.45) is 3.81. The maximum Gasteiger partial charge on any atom is 0.137 e. The molecule has 0 unspecified atom stereocenters. The number of piperazine rings is 1. The van der Waals surface area contributed by atoms with E-state index in [2.05, 4.69) is 58.3 Å². The average Bonchev–Trinajstić information content (AvgIpc) is 2.88. The number of amidine groups is 1. The number of hydrogen-bond donors (Lipinski definition) is 0. The predicted octanol–water partition coefficient (Wildman–Crippen LogP) is 4.22. The summed E-state index contributed by atoms with van der Waals surface area (Å²) < 4.78 is 0. The van der Waals surface area contributed by atoms with Gasteiger partial charge >= 0.3 is 0 Å². The molecule has 0 saturated carbocycles. The van der Waals surface area contributed by atoms with Gasteiger partial charge in [-0.1, -0.05) is 42.1 Å². The van der Waals surface area contributed by atoms with E-state index in [-0.39, 0.29) is 0 Å². The zero-order valence-corrected chi connectivity index (χ0v) is 16.3. The molecule has 0 atom stereocenters. The lowest BCUT2D eigenvalue weighted by Crippen LogP contribution is -2.49. The molecule has 1 fully saturated rings. The molecule has 0 aromatic heterocycles. The van der Waals surface area contributed by atoms with Crippen LogP contribution in [0.3, 0.4) is 0 Å². The highest BCUT2D eigenvalue weighted by atomic mass is 32.2. The van der Waals surface area contributed by atoms with Crippen molar-refractivity contribution in [2.75, 3.05) is 32.7 Å². The minimum absolute atomic E-state index is 0.685. The van der Waals surface area contributed by atoms with Gasteiger partial charge in [0.15, 0.2) is 0 Å². The van der Waals surface area contributed by atoms with Crippen molar-refractivity contribution in [1.29, 1.82) is 0 Å². The molecule has 27 heavy (non-hydrogen) atoms. The Balaban J connectivity index is 1.51. The van der Waals surface area contributed by atoms with Gasteiger partial charge < -0.3 is 9.69 Å². The van der Waals surface area contributed by atoms with Gasteiger partial charge in [0, 0.05) is 48.0 Å². The molecule has 0 aliphatic carbocycles. The fraction of sp³-hybridized carbons (Fsp3) is 0.364. The Morgan fingerprint density at radius 3 is 2.48 bits per heavy atom. The van der Waals surface area contributed by atoms with E-state index in [1.54, 1.807) is 0 Å². The molecule has 2 aliphatic rings. The lowest BCUT2D eigenvalue weighted by Gasteiger charge is -2.36. The van der Waals surface area contributed by atoms with Crippen LogP contribution in [0.1, 0.15) is 24.8 Å². The van der Waals surface area contributed by atoms with E-state index in [1.165, 1.54) is 15.4 Å². The number of rotatable bonds is 5. The van der Waals surface area contributed by atoms with Gasteiger partial charge in [0.05, 0.1) is 5.69 Å². The number of carbonyl (C=O) groups is 1. The lowest BCUT2D eigenvalue weighted by molar-refractivity contribution is -0.107. The van der Waals surface area contributed by atoms with E-state index < -0.39 is 0 Å². The Kier molecular flexibility index (Phi) is 5.90. The number of carbonyl (C=O) groups excluding carboxylic acids is 1. The van der Waals surface area contributed by atoms with Crippen LogP contribution in [0.25, 0.3) is 0 Å². The van der Waals surface area contributed by atoms with Crippen molar-refractivity contribution in [3.05, 3.63) is 54.1 Å². The Bertz CT molecular complexity index is 828. The highest BCUT2D eigenvalue weighted by Crippen LogP contribution is 2.40. The van der Waals surface area contributed by atoms with Crippen molar-refractivity contribution < 1.29 is 4.79 Å². The van der Waals surface area contributed by atoms with Crippen molar-refractivity contribution in [2.45, 2.75) is 29.1 Å². The van der Waals surface area contributed by atoms with Gasteiger partial charge in [-0.2, -0.15) is 0 Å². The van der Waals surface area contributed by atoms with E-state index in [9.17, 15) is 4.79 Å². The van der Waals surface area contributed by atoms with E-state index >= 15 is 0 Å². The van der Waals surface area contributed by atoms with Gasteiger partial charge in [-0.15, -0.1) is 0 Å². The summed E-state index contributed by atoms with van der Waals surface area (Å²) in [6, 6.07) is 17.0. The van der Waals surface area contributed by atoms with E-state index in [1.807, 2.05) is 11.8 Å². The first kappa shape index (κ1) is 18.3. The van der Waals surface area contributed by atoms with Gasteiger partial charge in [0.2, 0.25) is 0 Å². The molecule has 2 aromatic rings. The third-order valence-electron chi connectivity index (χ3n) is 5.16. The van der Waals surface area contributed by atoms with Crippen LogP contribution in [0.2, 0.25) is 0 Å². The smallest absolute Gasteiger partial charge is 0.137 e. The van der Waals surface area contributed by atoms with E-state index in [0.717, 1.165) is 63.4 Å². The number of fused-ring (bicyclic) bond motifs is 2. The SMILES string of the molecule is O=CCCCCN1CCN(C2=Nc3ccccc3Sc3ccccc32)CC1. The third kappa shape index (κ3) is 4.25. The molecular weight excluding hydrogens is 354 g/mol. The number of hydrogen-bond acceptors (Lipinski definition) is 5. The minimum Gasteiger partial charge on any atom is -0.354 e. The largest absolute Gasteiger partial charge is 0.354 e.